The molecule has 2 unspecified atom stereocenters. The third-order valence-corrected chi connectivity index (χ3v) is 5.31. The van der Waals surface area contributed by atoms with Crippen LogP contribution in [0.3, 0.4) is 0 Å². The average Bonchev–Trinajstić information content (AvgIpc) is 2.22. The second-order valence-corrected chi connectivity index (χ2v) is 6.23. The van der Waals surface area contributed by atoms with E-state index < -0.39 is 0 Å². The van der Waals surface area contributed by atoms with Crippen molar-refractivity contribution in [2.45, 2.75) is 52.7 Å². The predicted octanol–water partition coefficient (Wildman–Crippen LogP) is 3.42. The molecule has 2 nitrogen and oxygen atoms in total. The average molecular weight is 226 g/mol. The number of rotatable bonds is 2. The van der Waals surface area contributed by atoms with Gasteiger partial charge in [0.05, 0.1) is 11.2 Å². The van der Waals surface area contributed by atoms with Gasteiger partial charge in [0.2, 0.25) is 0 Å². The predicted molar refractivity (Wildman–Crippen MR) is 67.5 cm³/mol. The van der Waals surface area contributed by atoms with Crippen molar-refractivity contribution in [2.24, 2.45) is 10.8 Å². The van der Waals surface area contributed by atoms with Crippen LogP contribution < -0.4 is 0 Å². The van der Waals surface area contributed by atoms with E-state index in [4.69, 9.17) is 9.47 Å². The quantitative estimate of drug-likeness (QED) is 0.672. The van der Waals surface area contributed by atoms with E-state index in [1.54, 1.807) is 14.2 Å². The van der Waals surface area contributed by atoms with Crippen molar-refractivity contribution in [3.05, 3.63) is 12.2 Å². The Morgan fingerprint density at radius 2 is 1.25 bits per heavy atom. The zero-order chi connectivity index (χ0) is 12.8. The smallest absolute Gasteiger partial charge is 0.0909 e. The summed E-state index contributed by atoms with van der Waals surface area (Å²) in [5.74, 6) is 0. The maximum absolute atomic E-state index is 5.88. The summed E-state index contributed by atoms with van der Waals surface area (Å²) >= 11 is 0. The Morgan fingerprint density at radius 3 is 1.62 bits per heavy atom. The lowest BCUT2D eigenvalue weighted by Gasteiger charge is -2.60. The molecule has 0 amide bonds. The van der Waals surface area contributed by atoms with Gasteiger partial charge >= 0.3 is 0 Å². The zero-order valence-corrected chi connectivity index (χ0v) is 12.0. The molecular weight excluding hydrogens is 200 g/mol. The summed E-state index contributed by atoms with van der Waals surface area (Å²) in [6, 6.07) is 0. The topological polar surface area (TPSA) is 18.5 Å². The van der Waals surface area contributed by atoms with E-state index in [1.165, 1.54) is 0 Å². The molecule has 0 spiro atoms. The van der Waals surface area contributed by atoms with Gasteiger partial charge in [0.25, 0.3) is 0 Å². The first kappa shape index (κ1) is 13.7. The third kappa shape index (κ3) is 1.39. The van der Waals surface area contributed by atoms with Crippen LogP contribution in [0.4, 0.5) is 0 Å². The molecule has 1 aliphatic rings. The molecule has 1 rings (SSSR count). The molecule has 0 saturated heterocycles. The van der Waals surface area contributed by atoms with Gasteiger partial charge in [-0.15, -0.1) is 0 Å². The van der Waals surface area contributed by atoms with Crippen molar-refractivity contribution in [3.63, 3.8) is 0 Å². The van der Waals surface area contributed by atoms with Gasteiger partial charge in [0, 0.05) is 25.0 Å². The first-order valence-electron chi connectivity index (χ1n) is 5.89. The van der Waals surface area contributed by atoms with Crippen molar-refractivity contribution < 1.29 is 9.47 Å². The number of methoxy groups -OCH3 is 2. The fourth-order valence-corrected chi connectivity index (χ4v) is 2.86. The van der Waals surface area contributed by atoms with Crippen LogP contribution in [0.1, 0.15) is 41.5 Å². The summed E-state index contributed by atoms with van der Waals surface area (Å²) in [5, 5.41) is 0. The molecule has 0 aromatic carbocycles. The Balaban J connectivity index is 3.42. The van der Waals surface area contributed by atoms with Crippen LogP contribution in [0, 0.1) is 10.8 Å². The number of ether oxygens (including phenoxy) is 2. The lowest BCUT2D eigenvalue weighted by molar-refractivity contribution is -0.216. The van der Waals surface area contributed by atoms with Crippen LogP contribution in [-0.4, -0.2) is 25.4 Å². The van der Waals surface area contributed by atoms with Gasteiger partial charge < -0.3 is 9.47 Å². The highest BCUT2D eigenvalue weighted by atomic mass is 16.5. The van der Waals surface area contributed by atoms with Crippen LogP contribution in [0.5, 0.6) is 0 Å². The molecule has 94 valence electrons. The molecule has 0 heterocycles. The van der Waals surface area contributed by atoms with Crippen molar-refractivity contribution >= 4 is 0 Å². The van der Waals surface area contributed by atoms with Crippen molar-refractivity contribution in [3.8, 4) is 0 Å². The molecule has 0 radical (unpaired) electrons. The van der Waals surface area contributed by atoms with Crippen molar-refractivity contribution in [1.29, 1.82) is 0 Å². The molecule has 0 bridgehead atoms. The van der Waals surface area contributed by atoms with Crippen LogP contribution in [0.2, 0.25) is 0 Å². The van der Waals surface area contributed by atoms with Crippen LogP contribution in [0.15, 0.2) is 12.2 Å². The molecule has 0 N–H and O–H groups in total. The molecular formula is C14H26O2. The SMILES string of the molecule is COC1(C)C=CC(C)(C)C(C)(OC)C1(C)C. The summed E-state index contributed by atoms with van der Waals surface area (Å²) < 4.78 is 11.6. The molecule has 0 aliphatic heterocycles. The van der Waals surface area contributed by atoms with Crippen LogP contribution >= 0.6 is 0 Å². The largest absolute Gasteiger partial charge is 0.377 e. The maximum atomic E-state index is 5.88. The first-order chi connectivity index (χ1) is 7.08. The molecule has 2 atom stereocenters. The highest BCUT2D eigenvalue weighted by Crippen LogP contribution is 2.57. The molecule has 2 heteroatoms. The Morgan fingerprint density at radius 1 is 0.750 bits per heavy atom. The Hall–Kier alpha value is -0.340. The van der Waals surface area contributed by atoms with Gasteiger partial charge in [-0.1, -0.05) is 39.8 Å². The standard InChI is InChI=1S/C14H26O2/c1-11(2)9-10-13(5,15-7)12(3,4)14(11,6)16-8/h9-10H,1-8H3. The molecule has 0 aromatic rings. The molecule has 0 saturated carbocycles. The lowest BCUT2D eigenvalue weighted by atomic mass is 9.52. The van der Waals surface area contributed by atoms with Crippen molar-refractivity contribution in [2.75, 3.05) is 14.2 Å². The van der Waals surface area contributed by atoms with E-state index in [0.717, 1.165) is 0 Å². The van der Waals surface area contributed by atoms with Crippen molar-refractivity contribution in [1.82, 2.24) is 0 Å². The van der Waals surface area contributed by atoms with E-state index >= 15 is 0 Å². The molecule has 1 aliphatic carbocycles. The van der Waals surface area contributed by atoms with E-state index in [-0.39, 0.29) is 22.0 Å². The number of hydrogen-bond acceptors (Lipinski definition) is 2. The van der Waals surface area contributed by atoms with Gasteiger partial charge in [0.15, 0.2) is 0 Å². The van der Waals surface area contributed by atoms with E-state index in [0.29, 0.717) is 0 Å². The normalized spacial score (nSPS) is 41.0. The number of hydrogen-bond donors (Lipinski definition) is 0. The van der Waals surface area contributed by atoms with E-state index in [2.05, 4.69) is 53.7 Å². The zero-order valence-electron chi connectivity index (χ0n) is 12.0. The maximum Gasteiger partial charge on any atom is 0.0909 e. The Kier molecular flexibility index (Phi) is 3.07. The molecule has 0 fully saturated rings. The summed E-state index contributed by atoms with van der Waals surface area (Å²) in [4.78, 5) is 0. The summed E-state index contributed by atoms with van der Waals surface area (Å²) in [6.07, 6.45) is 4.39. The monoisotopic (exact) mass is 226 g/mol. The van der Waals surface area contributed by atoms with Crippen LogP contribution in [0.25, 0.3) is 0 Å². The van der Waals surface area contributed by atoms with Gasteiger partial charge in [0.1, 0.15) is 0 Å². The fraction of sp³-hybridized carbons (Fsp3) is 0.857. The first-order valence-corrected chi connectivity index (χ1v) is 5.89. The molecule has 16 heavy (non-hydrogen) atoms. The van der Waals surface area contributed by atoms with Crippen LogP contribution in [-0.2, 0) is 9.47 Å². The lowest BCUT2D eigenvalue weighted by Crippen LogP contribution is -2.65. The second kappa shape index (κ2) is 3.58. The summed E-state index contributed by atoms with van der Waals surface area (Å²) in [5.41, 5.74) is -0.683. The minimum atomic E-state index is -0.298. The minimum absolute atomic E-state index is 0.0106. The van der Waals surface area contributed by atoms with Gasteiger partial charge in [-0.3, -0.25) is 0 Å². The summed E-state index contributed by atoms with van der Waals surface area (Å²) in [6.45, 7) is 13.1. The van der Waals surface area contributed by atoms with E-state index in [9.17, 15) is 0 Å². The summed E-state index contributed by atoms with van der Waals surface area (Å²) in [7, 11) is 3.55. The second-order valence-electron chi connectivity index (χ2n) is 6.23. The minimum Gasteiger partial charge on any atom is -0.377 e. The van der Waals surface area contributed by atoms with E-state index in [1.807, 2.05) is 0 Å². The highest BCUT2D eigenvalue weighted by Gasteiger charge is 2.61. The third-order valence-electron chi connectivity index (χ3n) is 5.31. The highest BCUT2D eigenvalue weighted by molar-refractivity contribution is 5.26. The van der Waals surface area contributed by atoms with Gasteiger partial charge in [-0.2, -0.15) is 0 Å². The van der Waals surface area contributed by atoms with Gasteiger partial charge in [-0.25, -0.2) is 0 Å². The van der Waals surface area contributed by atoms with Gasteiger partial charge in [-0.05, 0) is 13.8 Å². The molecule has 0 aromatic heterocycles. The Bertz CT molecular complexity index is 304. The fourth-order valence-electron chi connectivity index (χ4n) is 2.86. The Labute approximate surface area is 100 Å².